The molecular weight excluding hydrogens is 460 g/mol. The van der Waals surface area contributed by atoms with Gasteiger partial charge in [-0.1, -0.05) is 31.2 Å². The van der Waals surface area contributed by atoms with Crippen LogP contribution in [0, 0.1) is 10.1 Å². The van der Waals surface area contributed by atoms with Crippen molar-refractivity contribution in [3.05, 3.63) is 51.3 Å². The summed E-state index contributed by atoms with van der Waals surface area (Å²) in [7, 11) is 0. The van der Waals surface area contributed by atoms with Crippen LogP contribution in [0.2, 0.25) is 0 Å². The number of nitro benzene ring substituents is 1. The van der Waals surface area contributed by atoms with E-state index in [2.05, 4.69) is 10.6 Å². The Morgan fingerprint density at radius 1 is 1.38 bits per heavy atom. The molecule has 0 radical (unpaired) electrons. The van der Waals surface area contributed by atoms with Gasteiger partial charge in [0.1, 0.15) is 11.4 Å². The van der Waals surface area contributed by atoms with Crippen molar-refractivity contribution >= 4 is 52.2 Å². The Kier molecular flexibility index (Phi) is 7.40. The third-order valence-electron chi connectivity index (χ3n) is 4.76. The lowest BCUT2D eigenvalue weighted by atomic mass is 10.0. The van der Waals surface area contributed by atoms with E-state index in [4.69, 9.17) is 0 Å². The molecule has 0 bridgehead atoms. The monoisotopic (exact) mass is 480 g/mol. The summed E-state index contributed by atoms with van der Waals surface area (Å²) < 4.78 is 0. The highest BCUT2D eigenvalue weighted by Gasteiger charge is 2.54. The summed E-state index contributed by atoms with van der Waals surface area (Å²) in [6.07, 6.45) is 1.77. The van der Waals surface area contributed by atoms with Crippen LogP contribution in [-0.4, -0.2) is 60.9 Å². The lowest BCUT2D eigenvalue weighted by Gasteiger charge is -2.49. The summed E-state index contributed by atoms with van der Waals surface area (Å²) in [5, 5.41) is 24.6. The van der Waals surface area contributed by atoms with Gasteiger partial charge in [0.25, 0.3) is 22.7 Å². The molecule has 2 aliphatic heterocycles. The first-order valence-electron chi connectivity index (χ1n) is 9.64. The number of rotatable bonds is 8. The molecule has 11 nitrogen and oxygen atoms in total. The molecule has 0 saturated carbocycles. The standard InChI is InChI=1S/C19H20N4O7S2/c1-2-3-7-31-19(28)20-12-9-32-17-13(16(25)22(17)14(12)18(26)27)21-15(24)10-5-4-6-11(8-10)23(29)30/h4-6,8,13,17H,2-3,7,9H2,1H3,(H,20,28)(H,21,24)(H,26,27)/t13?,17-/m0/s1. The van der Waals surface area contributed by atoms with Crippen LogP contribution >= 0.6 is 23.5 Å². The minimum atomic E-state index is -1.36. The lowest BCUT2D eigenvalue weighted by molar-refractivity contribution is -0.384. The maximum Gasteiger partial charge on any atom is 0.354 e. The first-order chi connectivity index (χ1) is 15.2. The Balaban J connectivity index is 1.71. The molecular formula is C19H20N4O7S2. The maximum absolute atomic E-state index is 12.7. The van der Waals surface area contributed by atoms with Gasteiger partial charge >= 0.3 is 5.97 Å². The van der Waals surface area contributed by atoms with E-state index in [0.29, 0.717) is 5.75 Å². The number of carbonyl (C=O) groups excluding carboxylic acids is 3. The molecule has 1 aromatic rings. The van der Waals surface area contributed by atoms with E-state index in [-0.39, 0.29) is 28.4 Å². The lowest BCUT2D eigenvalue weighted by Crippen LogP contribution is -2.70. The Labute approximate surface area is 191 Å². The molecule has 1 fully saturated rings. The van der Waals surface area contributed by atoms with Crippen LogP contribution in [0.3, 0.4) is 0 Å². The molecule has 32 heavy (non-hydrogen) atoms. The third-order valence-corrected chi connectivity index (χ3v) is 6.90. The largest absolute Gasteiger partial charge is 0.477 e. The molecule has 1 saturated heterocycles. The van der Waals surface area contributed by atoms with Crippen LogP contribution in [-0.2, 0) is 9.59 Å². The molecule has 0 spiro atoms. The highest BCUT2D eigenvalue weighted by atomic mass is 32.2. The predicted octanol–water partition coefficient (Wildman–Crippen LogP) is 2.15. The zero-order chi connectivity index (χ0) is 23.4. The minimum absolute atomic E-state index is 0.0114. The quantitative estimate of drug-likeness (QED) is 0.219. The second-order valence-electron chi connectivity index (χ2n) is 6.92. The fourth-order valence-corrected chi connectivity index (χ4v) is 5.26. The maximum atomic E-state index is 12.7. The highest BCUT2D eigenvalue weighted by molar-refractivity contribution is 8.13. The number of fused-ring (bicyclic) bond motifs is 1. The molecule has 0 aromatic heterocycles. The van der Waals surface area contributed by atoms with Gasteiger partial charge in [0.15, 0.2) is 5.70 Å². The van der Waals surface area contributed by atoms with E-state index < -0.39 is 39.4 Å². The van der Waals surface area contributed by atoms with E-state index in [1.807, 2.05) is 6.92 Å². The van der Waals surface area contributed by atoms with E-state index in [1.54, 1.807) is 0 Å². The normalized spacial score (nSPS) is 19.7. The number of carboxylic acids is 1. The van der Waals surface area contributed by atoms with Crippen molar-refractivity contribution in [1.29, 1.82) is 0 Å². The summed E-state index contributed by atoms with van der Waals surface area (Å²) in [4.78, 5) is 60.4. The van der Waals surface area contributed by atoms with Gasteiger partial charge < -0.3 is 15.7 Å². The minimum Gasteiger partial charge on any atom is -0.477 e. The van der Waals surface area contributed by atoms with Crippen LogP contribution in [0.25, 0.3) is 0 Å². The molecule has 170 valence electrons. The van der Waals surface area contributed by atoms with E-state index in [9.17, 15) is 34.4 Å². The fourth-order valence-electron chi connectivity index (χ4n) is 3.17. The second-order valence-corrected chi connectivity index (χ2v) is 9.09. The number of carboxylic acid groups (broad SMARTS) is 1. The Bertz CT molecular complexity index is 1010. The first kappa shape index (κ1) is 23.6. The molecule has 2 heterocycles. The number of nitrogens with zero attached hydrogens (tertiary/aromatic N) is 2. The zero-order valence-corrected chi connectivity index (χ0v) is 18.5. The Morgan fingerprint density at radius 3 is 2.78 bits per heavy atom. The topological polar surface area (TPSA) is 159 Å². The zero-order valence-electron chi connectivity index (χ0n) is 16.9. The number of carbonyl (C=O) groups is 4. The van der Waals surface area contributed by atoms with Gasteiger partial charge in [-0.25, -0.2) is 4.79 Å². The molecule has 1 unspecified atom stereocenters. The molecule has 1 aromatic carbocycles. The molecule has 3 rings (SSSR count). The summed E-state index contributed by atoms with van der Waals surface area (Å²) in [5.41, 5.74) is -0.439. The van der Waals surface area contributed by atoms with Crippen molar-refractivity contribution in [3.63, 3.8) is 0 Å². The van der Waals surface area contributed by atoms with E-state index in [1.165, 1.54) is 30.0 Å². The fraction of sp³-hybridized carbons (Fsp3) is 0.368. The van der Waals surface area contributed by atoms with E-state index in [0.717, 1.165) is 35.6 Å². The SMILES string of the molecule is CCCCSC(=O)NC1=C(C(=O)O)N2C(=O)C(NC(=O)c3cccc([N+](=O)[O-])c3)[C@@H]2SC1. The summed E-state index contributed by atoms with van der Waals surface area (Å²) in [6, 6.07) is 4.08. The Morgan fingerprint density at radius 2 is 2.12 bits per heavy atom. The van der Waals surface area contributed by atoms with Gasteiger partial charge in [-0.05, 0) is 12.5 Å². The van der Waals surface area contributed by atoms with Crippen LogP contribution in [0.5, 0.6) is 0 Å². The molecule has 2 atom stereocenters. The van der Waals surface area contributed by atoms with Gasteiger partial charge in [-0.15, -0.1) is 11.8 Å². The number of nitrogens with one attached hydrogen (secondary N) is 2. The average molecular weight is 481 g/mol. The number of benzene rings is 1. The summed E-state index contributed by atoms with van der Waals surface area (Å²) >= 11 is 2.25. The number of amides is 3. The number of β-lactam (4-membered cyclic amide) rings is 1. The van der Waals surface area contributed by atoms with Crippen LogP contribution in [0.4, 0.5) is 10.5 Å². The van der Waals surface area contributed by atoms with Gasteiger partial charge in [-0.2, -0.15) is 0 Å². The number of unbranched alkanes of at least 4 members (excludes halogenated alkanes) is 1. The van der Waals surface area contributed by atoms with Crippen molar-refractivity contribution in [2.45, 2.75) is 31.2 Å². The average Bonchev–Trinajstić information content (AvgIpc) is 2.77. The number of thioether (sulfide) groups is 2. The van der Waals surface area contributed by atoms with Crippen LogP contribution in [0.1, 0.15) is 30.1 Å². The molecule has 3 N–H and O–H groups in total. The Hall–Kier alpha value is -3.06. The van der Waals surface area contributed by atoms with Crippen LogP contribution in [0.15, 0.2) is 35.7 Å². The summed E-state index contributed by atoms with van der Waals surface area (Å²) in [6.45, 7) is 1.99. The van der Waals surface area contributed by atoms with Crippen molar-refractivity contribution in [1.82, 2.24) is 15.5 Å². The van der Waals surface area contributed by atoms with E-state index >= 15 is 0 Å². The van der Waals surface area contributed by atoms with Gasteiger partial charge in [-0.3, -0.25) is 29.4 Å². The number of hydrogen-bond donors (Lipinski definition) is 3. The van der Waals surface area contributed by atoms with Crippen molar-refractivity contribution in [2.75, 3.05) is 11.5 Å². The number of non-ortho nitro benzene ring substituents is 1. The first-order valence-corrected chi connectivity index (χ1v) is 11.7. The van der Waals surface area contributed by atoms with Gasteiger partial charge in [0.05, 0.1) is 10.6 Å². The molecule has 3 amide bonds. The summed E-state index contributed by atoms with van der Waals surface area (Å²) in [5.74, 6) is -1.94. The predicted molar refractivity (Wildman–Crippen MR) is 118 cm³/mol. The third kappa shape index (κ3) is 4.88. The number of hydrogen-bond acceptors (Lipinski definition) is 8. The second kappa shape index (κ2) is 10.0. The van der Waals surface area contributed by atoms with Crippen molar-refractivity contribution in [3.8, 4) is 0 Å². The highest BCUT2D eigenvalue weighted by Crippen LogP contribution is 2.40. The molecule has 2 aliphatic rings. The smallest absolute Gasteiger partial charge is 0.354 e. The van der Waals surface area contributed by atoms with Gasteiger partial charge in [0.2, 0.25) is 0 Å². The number of nitro groups is 1. The van der Waals surface area contributed by atoms with Crippen LogP contribution < -0.4 is 10.6 Å². The molecule has 13 heteroatoms. The molecule has 0 aliphatic carbocycles. The van der Waals surface area contributed by atoms with Crippen molar-refractivity contribution < 1.29 is 29.2 Å². The van der Waals surface area contributed by atoms with Crippen molar-refractivity contribution in [2.24, 2.45) is 0 Å². The number of aliphatic carboxylic acids is 1. The van der Waals surface area contributed by atoms with Gasteiger partial charge in [0, 0.05) is 29.2 Å².